The lowest BCUT2D eigenvalue weighted by atomic mass is 10.0. The highest BCUT2D eigenvalue weighted by Crippen LogP contribution is 2.35. The third kappa shape index (κ3) is 5.09. The molecule has 0 N–H and O–H groups in total. The molecule has 1 aliphatic heterocycles. The molecule has 0 bridgehead atoms. The lowest BCUT2D eigenvalue weighted by Gasteiger charge is -2.37. The molecule has 1 fully saturated rings. The van der Waals surface area contributed by atoms with Gasteiger partial charge in [0, 0.05) is 0 Å². The van der Waals surface area contributed by atoms with Crippen LogP contribution >= 0.6 is 0 Å². The van der Waals surface area contributed by atoms with E-state index in [1.165, 1.54) is 7.11 Å². The number of amides is 1. The number of nitrogens with zero attached hydrogens (tertiary/aromatic N) is 1. The molecule has 0 aromatic carbocycles. The number of ether oxygens (including phenoxy) is 3. The van der Waals surface area contributed by atoms with Gasteiger partial charge in [-0.2, -0.15) is 0 Å². The standard InChI is InChI=1S/C17H31NO5/c1-7-8-9-10-11-13(14(19)21-6)23-15(20)18-16(2,3)12-22-17(18,4)5/h13H,7-12H2,1-6H3. The Labute approximate surface area is 139 Å². The van der Waals surface area contributed by atoms with Gasteiger partial charge in [0.1, 0.15) is 5.72 Å². The Morgan fingerprint density at radius 1 is 1.17 bits per heavy atom. The van der Waals surface area contributed by atoms with Gasteiger partial charge in [-0.3, -0.25) is 4.90 Å². The van der Waals surface area contributed by atoms with Crippen LogP contribution in [0.4, 0.5) is 4.79 Å². The summed E-state index contributed by atoms with van der Waals surface area (Å²) in [6.45, 7) is 10.0. The Kier molecular flexibility index (Phi) is 6.86. The van der Waals surface area contributed by atoms with Gasteiger partial charge in [0.15, 0.2) is 0 Å². The van der Waals surface area contributed by atoms with Crippen molar-refractivity contribution < 1.29 is 23.8 Å². The van der Waals surface area contributed by atoms with E-state index in [9.17, 15) is 9.59 Å². The first-order chi connectivity index (χ1) is 10.7. The van der Waals surface area contributed by atoms with Crippen LogP contribution in [0.3, 0.4) is 0 Å². The lowest BCUT2D eigenvalue weighted by Crippen LogP contribution is -2.54. The predicted molar refractivity (Wildman–Crippen MR) is 87.0 cm³/mol. The number of esters is 1. The second kappa shape index (κ2) is 7.99. The zero-order valence-electron chi connectivity index (χ0n) is 15.3. The highest BCUT2D eigenvalue weighted by molar-refractivity contribution is 5.79. The molecule has 0 aliphatic carbocycles. The number of carbonyl (C=O) groups excluding carboxylic acids is 2. The van der Waals surface area contributed by atoms with Gasteiger partial charge in [-0.05, 0) is 40.5 Å². The molecule has 0 saturated carbocycles. The van der Waals surface area contributed by atoms with Crippen molar-refractivity contribution in [3.63, 3.8) is 0 Å². The number of methoxy groups -OCH3 is 1. The number of hydrogen-bond donors (Lipinski definition) is 0. The number of hydrogen-bond acceptors (Lipinski definition) is 5. The minimum absolute atomic E-state index is 0.425. The van der Waals surface area contributed by atoms with E-state index >= 15 is 0 Å². The second-order valence-corrected chi connectivity index (χ2v) is 7.13. The first-order valence-electron chi connectivity index (χ1n) is 8.38. The quantitative estimate of drug-likeness (QED) is 0.528. The minimum atomic E-state index is -0.864. The van der Waals surface area contributed by atoms with Crippen LogP contribution in [0.5, 0.6) is 0 Å². The summed E-state index contributed by atoms with van der Waals surface area (Å²) < 4.78 is 15.9. The summed E-state index contributed by atoms with van der Waals surface area (Å²) in [6, 6.07) is 0. The maximum absolute atomic E-state index is 12.6. The molecule has 0 spiro atoms. The van der Waals surface area contributed by atoms with Gasteiger partial charge in [-0.15, -0.1) is 0 Å². The highest BCUT2D eigenvalue weighted by Gasteiger charge is 2.50. The van der Waals surface area contributed by atoms with Crippen LogP contribution in [0.1, 0.15) is 66.7 Å². The van der Waals surface area contributed by atoms with Crippen molar-refractivity contribution in [1.29, 1.82) is 0 Å². The van der Waals surface area contributed by atoms with E-state index in [1.54, 1.807) is 4.90 Å². The summed E-state index contributed by atoms with van der Waals surface area (Å²) in [7, 11) is 1.31. The molecule has 0 radical (unpaired) electrons. The lowest BCUT2D eigenvalue weighted by molar-refractivity contribution is -0.152. The van der Waals surface area contributed by atoms with Crippen LogP contribution in [0.25, 0.3) is 0 Å². The number of rotatable bonds is 7. The Balaban J connectivity index is 2.74. The summed E-state index contributed by atoms with van der Waals surface area (Å²) >= 11 is 0. The van der Waals surface area contributed by atoms with Crippen molar-refractivity contribution >= 4 is 12.1 Å². The Hall–Kier alpha value is -1.30. The van der Waals surface area contributed by atoms with E-state index in [0.29, 0.717) is 13.0 Å². The van der Waals surface area contributed by atoms with Crippen molar-refractivity contribution in [1.82, 2.24) is 4.90 Å². The van der Waals surface area contributed by atoms with Crippen LogP contribution in [-0.4, -0.2) is 48.0 Å². The van der Waals surface area contributed by atoms with E-state index in [4.69, 9.17) is 14.2 Å². The first-order valence-corrected chi connectivity index (χ1v) is 8.38. The van der Waals surface area contributed by atoms with Gasteiger partial charge in [0.25, 0.3) is 0 Å². The fraction of sp³-hybridized carbons (Fsp3) is 0.882. The number of carbonyl (C=O) groups is 2. The topological polar surface area (TPSA) is 65.1 Å². The fourth-order valence-corrected chi connectivity index (χ4v) is 2.97. The smallest absolute Gasteiger partial charge is 0.413 e. The van der Waals surface area contributed by atoms with Gasteiger partial charge in [-0.25, -0.2) is 9.59 Å². The zero-order chi connectivity index (χ0) is 17.7. The average molecular weight is 329 g/mol. The molecular formula is C17H31NO5. The third-order valence-electron chi connectivity index (χ3n) is 4.13. The zero-order valence-corrected chi connectivity index (χ0v) is 15.3. The second-order valence-electron chi connectivity index (χ2n) is 7.13. The van der Waals surface area contributed by atoms with Crippen molar-refractivity contribution in [3.8, 4) is 0 Å². The Morgan fingerprint density at radius 2 is 1.83 bits per heavy atom. The van der Waals surface area contributed by atoms with E-state index in [0.717, 1.165) is 25.7 Å². The molecule has 0 aromatic heterocycles. The van der Waals surface area contributed by atoms with Crippen LogP contribution < -0.4 is 0 Å². The fourth-order valence-electron chi connectivity index (χ4n) is 2.97. The molecule has 1 saturated heterocycles. The van der Waals surface area contributed by atoms with Crippen LogP contribution in [0.2, 0.25) is 0 Å². The van der Waals surface area contributed by atoms with Crippen molar-refractivity contribution in [3.05, 3.63) is 0 Å². The monoisotopic (exact) mass is 329 g/mol. The molecule has 134 valence electrons. The molecule has 0 aromatic rings. The molecule has 1 heterocycles. The molecule has 1 amide bonds. The van der Waals surface area contributed by atoms with Gasteiger partial charge < -0.3 is 14.2 Å². The van der Waals surface area contributed by atoms with Gasteiger partial charge in [-0.1, -0.05) is 26.2 Å². The van der Waals surface area contributed by atoms with Gasteiger partial charge in [0.2, 0.25) is 6.10 Å². The minimum Gasteiger partial charge on any atom is -0.466 e. The van der Waals surface area contributed by atoms with E-state index in [-0.39, 0.29) is 0 Å². The molecule has 1 atom stereocenters. The Morgan fingerprint density at radius 3 is 2.30 bits per heavy atom. The summed E-state index contributed by atoms with van der Waals surface area (Å²) in [4.78, 5) is 26.1. The van der Waals surface area contributed by atoms with Crippen LogP contribution in [0, 0.1) is 0 Å². The van der Waals surface area contributed by atoms with Gasteiger partial charge >= 0.3 is 12.1 Å². The molecule has 1 rings (SSSR count). The number of unbranched alkanes of at least 4 members (excludes halogenated alkanes) is 3. The van der Waals surface area contributed by atoms with Crippen LogP contribution in [0.15, 0.2) is 0 Å². The van der Waals surface area contributed by atoms with E-state index < -0.39 is 29.4 Å². The van der Waals surface area contributed by atoms with Gasteiger partial charge in [0.05, 0.1) is 19.3 Å². The summed E-state index contributed by atoms with van der Waals surface area (Å²) in [5, 5.41) is 0. The van der Waals surface area contributed by atoms with E-state index in [1.807, 2.05) is 27.7 Å². The van der Waals surface area contributed by atoms with Crippen molar-refractivity contribution in [2.75, 3.05) is 13.7 Å². The van der Waals surface area contributed by atoms with E-state index in [2.05, 4.69) is 6.92 Å². The molecular weight excluding hydrogens is 298 g/mol. The first kappa shape index (κ1) is 19.7. The molecule has 1 unspecified atom stereocenters. The SMILES string of the molecule is CCCCCCC(OC(=O)N1C(C)(C)COC1(C)C)C(=O)OC. The molecule has 1 aliphatic rings. The highest BCUT2D eigenvalue weighted by atomic mass is 16.6. The largest absolute Gasteiger partial charge is 0.466 e. The maximum atomic E-state index is 12.6. The molecule has 6 nitrogen and oxygen atoms in total. The predicted octanol–water partition coefficient (Wildman–Crippen LogP) is 3.48. The summed E-state index contributed by atoms with van der Waals surface area (Å²) in [5.74, 6) is -0.509. The average Bonchev–Trinajstić information content (AvgIpc) is 2.69. The summed E-state index contributed by atoms with van der Waals surface area (Å²) in [6.07, 6.45) is 3.11. The third-order valence-corrected chi connectivity index (χ3v) is 4.13. The normalized spacial score (nSPS) is 20.2. The molecule has 23 heavy (non-hydrogen) atoms. The molecule has 6 heteroatoms. The van der Waals surface area contributed by atoms with Crippen molar-refractivity contribution in [2.45, 2.75) is 84.1 Å². The Bertz CT molecular complexity index is 403. The van der Waals surface area contributed by atoms with Crippen molar-refractivity contribution in [2.24, 2.45) is 0 Å². The summed E-state index contributed by atoms with van der Waals surface area (Å²) in [5.41, 5.74) is -1.24. The van der Waals surface area contributed by atoms with Crippen LogP contribution in [-0.2, 0) is 19.0 Å². The maximum Gasteiger partial charge on any atom is 0.413 e.